The van der Waals surface area contributed by atoms with Gasteiger partial charge in [0.15, 0.2) is 0 Å². The molecule has 0 fully saturated rings. The molecule has 0 saturated heterocycles. The Labute approximate surface area is 162 Å². The van der Waals surface area contributed by atoms with Crippen molar-refractivity contribution in [2.24, 2.45) is 0 Å². The maximum atomic E-state index is 12.4. The van der Waals surface area contributed by atoms with Crippen LogP contribution in [0.15, 0.2) is 47.2 Å². The molecule has 0 bridgehead atoms. The minimum Gasteiger partial charge on any atom is -0.494 e. The predicted molar refractivity (Wildman–Crippen MR) is 103 cm³/mol. The summed E-state index contributed by atoms with van der Waals surface area (Å²) in [5.74, 6) is 1.95. The van der Waals surface area contributed by atoms with E-state index in [0.717, 1.165) is 5.56 Å². The third-order valence-corrected chi connectivity index (χ3v) is 3.81. The Morgan fingerprint density at radius 2 is 1.89 bits per heavy atom. The lowest BCUT2D eigenvalue weighted by atomic mass is 10.2. The Bertz CT molecular complexity index is 912. The minimum atomic E-state index is -0.182. The fourth-order valence-corrected chi connectivity index (χ4v) is 2.55. The maximum Gasteiger partial charge on any atom is 0.227 e. The molecule has 146 valence electrons. The number of anilines is 1. The second kappa shape index (κ2) is 9.50. The van der Waals surface area contributed by atoms with E-state index < -0.39 is 0 Å². The molecule has 0 aliphatic carbocycles. The molecule has 2 heterocycles. The quantitative estimate of drug-likeness (QED) is 0.604. The lowest BCUT2D eigenvalue weighted by molar-refractivity contribution is -0.116. The number of benzene rings is 1. The third-order valence-electron chi connectivity index (χ3n) is 3.81. The number of nitrogens with one attached hydrogen (secondary N) is 1. The molecule has 0 atom stereocenters. The zero-order chi connectivity index (χ0) is 19.8. The second-order valence-corrected chi connectivity index (χ2v) is 5.82. The smallest absolute Gasteiger partial charge is 0.227 e. The van der Waals surface area contributed by atoms with E-state index in [2.05, 4.69) is 20.4 Å². The van der Waals surface area contributed by atoms with Gasteiger partial charge in [-0.2, -0.15) is 4.98 Å². The van der Waals surface area contributed by atoms with Crippen LogP contribution in [0, 0.1) is 0 Å². The summed E-state index contributed by atoms with van der Waals surface area (Å²) in [6, 6.07) is 8.93. The van der Waals surface area contributed by atoms with Crippen LogP contribution in [-0.4, -0.2) is 34.2 Å². The van der Waals surface area contributed by atoms with Crippen molar-refractivity contribution in [3.63, 3.8) is 0 Å². The standard InChI is InChI=1S/C20H22N4O4/c1-3-26-15-5-6-17(27-4-2)16(13-15)22-18(25)7-8-19-23-20(24-28-19)14-9-11-21-12-10-14/h5-6,9-13H,3-4,7-8H2,1-2H3,(H,22,25). The van der Waals surface area contributed by atoms with Gasteiger partial charge in [0.05, 0.1) is 18.9 Å². The molecule has 8 heteroatoms. The zero-order valence-electron chi connectivity index (χ0n) is 15.8. The molecule has 8 nitrogen and oxygen atoms in total. The summed E-state index contributed by atoms with van der Waals surface area (Å²) < 4.78 is 16.3. The summed E-state index contributed by atoms with van der Waals surface area (Å²) in [7, 11) is 0. The molecule has 0 unspecified atom stereocenters. The number of carbonyl (C=O) groups is 1. The van der Waals surface area contributed by atoms with Gasteiger partial charge in [0.2, 0.25) is 17.6 Å². The highest BCUT2D eigenvalue weighted by atomic mass is 16.5. The van der Waals surface area contributed by atoms with Gasteiger partial charge in [-0.25, -0.2) is 0 Å². The number of hydrogen-bond donors (Lipinski definition) is 1. The summed E-state index contributed by atoms with van der Waals surface area (Å²) in [5.41, 5.74) is 1.38. The summed E-state index contributed by atoms with van der Waals surface area (Å²) in [5, 5.41) is 6.80. The van der Waals surface area contributed by atoms with Gasteiger partial charge in [0.1, 0.15) is 11.5 Å². The van der Waals surface area contributed by atoms with Crippen molar-refractivity contribution in [3.05, 3.63) is 48.6 Å². The lowest BCUT2D eigenvalue weighted by Crippen LogP contribution is -2.13. The van der Waals surface area contributed by atoms with Gasteiger partial charge in [0.25, 0.3) is 0 Å². The number of nitrogens with zero attached hydrogens (tertiary/aromatic N) is 3. The number of ether oxygens (including phenoxy) is 2. The highest BCUT2D eigenvalue weighted by Gasteiger charge is 2.13. The van der Waals surface area contributed by atoms with Crippen molar-refractivity contribution in [2.75, 3.05) is 18.5 Å². The molecular weight excluding hydrogens is 360 g/mol. The van der Waals surface area contributed by atoms with Crippen molar-refractivity contribution < 1.29 is 18.8 Å². The van der Waals surface area contributed by atoms with Gasteiger partial charge in [-0.15, -0.1) is 0 Å². The largest absolute Gasteiger partial charge is 0.494 e. The summed E-state index contributed by atoms with van der Waals surface area (Å²) in [6.45, 7) is 4.83. The van der Waals surface area contributed by atoms with Crippen LogP contribution in [0.25, 0.3) is 11.4 Å². The first-order valence-electron chi connectivity index (χ1n) is 9.12. The number of aryl methyl sites for hydroxylation is 1. The van der Waals surface area contributed by atoms with Gasteiger partial charge in [-0.05, 0) is 38.1 Å². The van der Waals surface area contributed by atoms with Crippen molar-refractivity contribution in [3.8, 4) is 22.9 Å². The molecule has 0 aliphatic heterocycles. The number of pyridine rings is 1. The Hall–Kier alpha value is -3.42. The minimum absolute atomic E-state index is 0.182. The van der Waals surface area contributed by atoms with Crippen LogP contribution in [-0.2, 0) is 11.2 Å². The molecule has 1 amide bonds. The summed E-state index contributed by atoms with van der Waals surface area (Å²) in [6.07, 6.45) is 3.84. The highest BCUT2D eigenvalue weighted by molar-refractivity contribution is 5.92. The van der Waals surface area contributed by atoms with Gasteiger partial charge >= 0.3 is 0 Å². The molecule has 0 spiro atoms. The number of aromatic nitrogens is 3. The Kier molecular flexibility index (Phi) is 6.56. The number of amides is 1. The van der Waals surface area contributed by atoms with Crippen LogP contribution in [0.1, 0.15) is 26.2 Å². The van der Waals surface area contributed by atoms with E-state index in [4.69, 9.17) is 14.0 Å². The molecular formula is C20H22N4O4. The van der Waals surface area contributed by atoms with Gasteiger partial charge < -0.3 is 19.3 Å². The topological polar surface area (TPSA) is 99.4 Å². The maximum absolute atomic E-state index is 12.4. The molecule has 2 aromatic heterocycles. The monoisotopic (exact) mass is 382 g/mol. The average molecular weight is 382 g/mol. The van der Waals surface area contributed by atoms with Crippen molar-refractivity contribution >= 4 is 11.6 Å². The van der Waals surface area contributed by atoms with Crippen LogP contribution in [0.2, 0.25) is 0 Å². The molecule has 3 aromatic rings. The summed E-state index contributed by atoms with van der Waals surface area (Å²) in [4.78, 5) is 20.7. The SMILES string of the molecule is CCOc1ccc(OCC)c(NC(=O)CCc2nc(-c3ccncc3)no2)c1. The van der Waals surface area contributed by atoms with E-state index in [-0.39, 0.29) is 12.3 Å². The molecule has 0 aliphatic rings. The normalized spacial score (nSPS) is 10.5. The van der Waals surface area contributed by atoms with E-state index in [9.17, 15) is 4.79 Å². The number of carbonyl (C=O) groups excluding carboxylic acids is 1. The van der Waals surface area contributed by atoms with Gasteiger partial charge in [-0.1, -0.05) is 5.16 Å². The molecule has 0 saturated carbocycles. The van der Waals surface area contributed by atoms with Crippen LogP contribution in [0.5, 0.6) is 11.5 Å². The fraction of sp³-hybridized carbons (Fsp3) is 0.300. The molecule has 1 N–H and O–H groups in total. The first kappa shape index (κ1) is 19.3. The molecule has 1 aromatic carbocycles. The van der Waals surface area contributed by atoms with Crippen LogP contribution in [0.4, 0.5) is 5.69 Å². The highest BCUT2D eigenvalue weighted by Crippen LogP contribution is 2.29. The van der Waals surface area contributed by atoms with E-state index in [1.807, 2.05) is 19.9 Å². The van der Waals surface area contributed by atoms with Crippen LogP contribution < -0.4 is 14.8 Å². The van der Waals surface area contributed by atoms with Gasteiger partial charge in [-0.3, -0.25) is 9.78 Å². The Balaban J connectivity index is 1.61. The second-order valence-electron chi connectivity index (χ2n) is 5.82. The number of rotatable bonds is 9. The molecule has 0 radical (unpaired) electrons. The summed E-state index contributed by atoms with van der Waals surface area (Å²) >= 11 is 0. The first-order chi connectivity index (χ1) is 13.7. The zero-order valence-corrected chi connectivity index (χ0v) is 15.8. The third kappa shape index (κ3) is 5.06. The van der Waals surface area contributed by atoms with E-state index in [1.54, 1.807) is 36.7 Å². The van der Waals surface area contributed by atoms with Crippen molar-refractivity contribution in [1.29, 1.82) is 0 Å². The van der Waals surface area contributed by atoms with Crippen molar-refractivity contribution in [1.82, 2.24) is 15.1 Å². The number of hydrogen-bond acceptors (Lipinski definition) is 7. The van der Waals surface area contributed by atoms with E-state index >= 15 is 0 Å². The Morgan fingerprint density at radius 1 is 1.11 bits per heavy atom. The Morgan fingerprint density at radius 3 is 2.64 bits per heavy atom. The lowest BCUT2D eigenvalue weighted by Gasteiger charge is -2.13. The predicted octanol–water partition coefficient (Wildman–Crippen LogP) is 3.50. The van der Waals surface area contributed by atoms with Gasteiger partial charge in [0, 0.05) is 36.9 Å². The van der Waals surface area contributed by atoms with E-state index in [0.29, 0.717) is 48.5 Å². The first-order valence-corrected chi connectivity index (χ1v) is 9.12. The van der Waals surface area contributed by atoms with E-state index in [1.165, 1.54) is 0 Å². The van der Waals surface area contributed by atoms with Crippen LogP contribution >= 0.6 is 0 Å². The molecule has 3 rings (SSSR count). The van der Waals surface area contributed by atoms with Crippen molar-refractivity contribution in [2.45, 2.75) is 26.7 Å². The average Bonchev–Trinajstić information content (AvgIpc) is 3.19. The molecule has 28 heavy (non-hydrogen) atoms. The fourth-order valence-electron chi connectivity index (χ4n) is 2.55. The van der Waals surface area contributed by atoms with Crippen LogP contribution in [0.3, 0.4) is 0 Å².